The molecule has 0 bridgehead atoms. The van der Waals surface area contributed by atoms with Crippen LogP contribution in [0.25, 0.3) is 0 Å². The topological polar surface area (TPSA) is 40.0 Å². The van der Waals surface area contributed by atoms with E-state index in [4.69, 9.17) is 14.3 Å². The first-order chi connectivity index (χ1) is 12.7. The van der Waals surface area contributed by atoms with Crippen LogP contribution in [0.15, 0.2) is 59.8 Å². The third-order valence-corrected chi connectivity index (χ3v) is 3.37. The van der Waals surface area contributed by atoms with Crippen molar-refractivity contribution in [3.05, 3.63) is 60.2 Å². The highest BCUT2D eigenvalue weighted by Crippen LogP contribution is 2.23. The molecule has 0 unspecified atom stereocenters. The molecular weight excluding hydrogens is 359 g/mol. The Bertz CT molecular complexity index is 731. The van der Waals surface area contributed by atoms with E-state index in [-0.39, 0.29) is 12.8 Å². The number of nitrogens with zero attached hydrogens (tertiary/aromatic N) is 1. The van der Waals surface area contributed by atoms with E-state index >= 15 is 0 Å². The largest absolute Gasteiger partial charge is 0.457 e. The van der Waals surface area contributed by atoms with Crippen LogP contribution >= 0.6 is 0 Å². The van der Waals surface area contributed by atoms with Gasteiger partial charge in [0.25, 0.3) is 0 Å². The second-order valence-corrected chi connectivity index (χ2v) is 6.77. The van der Waals surface area contributed by atoms with Crippen molar-refractivity contribution < 1.29 is 27.5 Å². The monoisotopic (exact) mass is 381 g/mol. The fourth-order valence-electron chi connectivity index (χ4n) is 2.12. The predicted octanol–water partition coefficient (Wildman–Crippen LogP) is 5.59. The van der Waals surface area contributed by atoms with Crippen LogP contribution in [0.3, 0.4) is 0 Å². The number of halogens is 3. The summed E-state index contributed by atoms with van der Waals surface area (Å²) in [6.45, 7) is 4.31. The molecular formula is C20H22F3NO3. The van der Waals surface area contributed by atoms with Crippen LogP contribution in [0.2, 0.25) is 0 Å². The van der Waals surface area contributed by atoms with Gasteiger partial charge in [-0.2, -0.15) is 13.2 Å². The number of rotatable bonds is 9. The highest BCUT2D eigenvalue weighted by molar-refractivity contribution is 5.63. The van der Waals surface area contributed by atoms with E-state index < -0.39 is 11.6 Å². The zero-order valence-corrected chi connectivity index (χ0v) is 15.2. The maximum absolute atomic E-state index is 12.0. The molecule has 4 nitrogen and oxygen atoms in total. The van der Waals surface area contributed by atoms with Crippen molar-refractivity contribution in [2.75, 3.05) is 13.2 Å². The summed E-state index contributed by atoms with van der Waals surface area (Å²) in [4.78, 5) is 4.71. The fraction of sp³-hybridized carbons (Fsp3) is 0.350. The number of hydrogen-bond acceptors (Lipinski definition) is 4. The van der Waals surface area contributed by atoms with Gasteiger partial charge in [-0.05, 0) is 29.8 Å². The van der Waals surface area contributed by atoms with E-state index in [1.165, 1.54) is 0 Å². The highest BCUT2D eigenvalue weighted by atomic mass is 19.4. The number of ether oxygens (including phenoxy) is 2. The Morgan fingerprint density at radius 2 is 1.63 bits per heavy atom. The van der Waals surface area contributed by atoms with Crippen molar-refractivity contribution in [2.24, 2.45) is 10.6 Å². The summed E-state index contributed by atoms with van der Waals surface area (Å²) in [6, 6.07) is 17.0. The molecule has 0 aliphatic carbocycles. The van der Waals surface area contributed by atoms with Gasteiger partial charge in [0, 0.05) is 5.41 Å². The van der Waals surface area contributed by atoms with Crippen LogP contribution in [-0.4, -0.2) is 25.6 Å². The molecule has 2 aromatic rings. The minimum Gasteiger partial charge on any atom is -0.457 e. The van der Waals surface area contributed by atoms with E-state index in [0.29, 0.717) is 19.0 Å². The first-order valence-corrected chi connectivity index (χ1v) is 8.36. The summed E-state index contributed by atoms with van der Waals surface area (Å²) in [6.07, 6.45) is -4.66. The van der Waals surface area contributed by atoms with E-state index in [9.17, 15) is 13.2 Å². The van der Waals surface area contributed by atoms with Gasteiger partial charge >= 0.3 is 6.18 Å². The van der Waals surface area contributed by atoms with Gasteiger partial charge in [0.15, 0.2) is 0 Å². The van der Waals surface area contributed by atoms with Crippen molar-refractivity contribution in [1.29, 1.82) is 0 Å². The zero-order valence-electron chi connectivity index (χ0n) is 15.2. The SMILES string of the molecule is CC(C)(COCc1cccc(Oc2ccccc2)c1)CON=CC(F)(F)F. The Kier molecular flexibility index (Phi) is 7.24. The maximum atomic E-state index is 12.0. The normalized spacial score (nSPS) is 12.3. The molecule has 0 aliphatic rings. The quantitative estimate of drug-likeness (QED) is 0.420. The van der Waals surface area contributed by atoms with Crippen LogP contribution < -0.4 is 4.74 Å². The second-order valence-electron chi connectivity index (χ2n) is 6.77. The second kappa shape index (κ2) is 9.41. The van der Waals surface area contributed by atoms with Gasteiger partial charge in [-0.3, -0.25) is 0 Å². The summed E-state index contributed by atoms with van der Waals surface area (Å²) >= 11 is 0. The van der Waals surface area contributed by atoms with E-state index in [1.54, 1.807) is 0 Å². The number of benzene rings is 2. The third-order valence-electron chi connectivity index (χ3n) is 3.37. The standard InChI is InChI=1S/C20H22F3NO3/c1-19(2,15-26-24-13-20(21,22)23)14-25-12-16-7-6-10-18(11-16)27-17-8-4-3-5-9-17/h3-11,13H,12,14-15H2,1-2H3. The van der Waals surface area contributed by atoms with Crippen molar-refractivity contribution >= 4 is 6.21 Å². The third kappa shape index (κ3) is 8.59. The molecule has 0 aromatic heterocycles. The van der Waals surface area contributed by atoms with Crippen molar-refractivity contribution in [2.45, 2.75) is 26.6 Å². The molecule has 7 heteroatoms. The average Bonchev–Trinajstić information content (AvgIpc) is 2.59. The zero-order chi connectivity index (χ0) is 19.8. The lowest BCUT2D eigenvalue weighted by Crippen LogP contribution is -2.25. The molecule has 0 saturated heterocycles. The van der Waals surface area contributed by atoms with Gasteiger partial charge in [-0.15, -0.1) is 0 Å². The Labute approximate surface area is 156 Å². The number of para-hydroxylation sites is 1. The summed E-state index contributed by atoms with van der Waals surface area (Å²) in [5.41, 5.74) is 0.441. The highest BCUT2D eigenvalue weighted by Gasteiger charge is 2.25. The summed E-state index contributed by atoms with van der Waals surface area (Å²) in [5.74, 6) is 1.44. The van der Waals surface area contributed by atoms with Crippen LogP contribution in [0.5, 0.6) is 11.5 Å². The molecule has 0 amide bonds. The lowest BCUT2D eigenvalue weighted by atomic mass is 9.96. The maximum Gasteiger partial charge on any atom is 0.429 e. The van der Waals surface area contributed by atoms with E-state index in [1.807, 2.05) is 68.4 Å². The summed E-state index contributed by atoms with van der Waals surface area (Å²) < 4.78 is 47.4. The smallest absolute Gasteiger partial charge is 0.429 e. The molecule has 0 saturated carbocycles. The van der Waals surface area contributed by atoms with E-state index in [0.717, 1.165) is 11.3 Å². The van der Waals surface area contributed by atoms with Gasteiger partial charge in [0.2, 0.25) is 0 Å². The number of hydrogen-bond donors (Lipinski definition) is 0. The molecule has 0 spiro atoms. The van der Waals surface area contributed by atoms with Crippen molar-refractivity contribution in [3.8, 4) is 11.5 Å². The van der Waals surface area contributed by atoms with Crippen LogP contribution in [0.1, 0.15) is 19.4 Å². The Hall–Kier alpha value is -2.54. The first-order valence-electron chi connectivity index (χ1n) is 8.36. The van der Waals surface area contributed by atoms with Crippen LogP contribution in [0, 0.1) is 5.41 Å². The summed E-state index contributed by atoms with van der Waals surface area (Å²) in [7, 11) is 0. The average molecular weight is 381 g/mol. The predicted molar refractivity (Wildman–Crippen MR) is 96.9 cm³/mol. The lowest BCUT2D eigenvalue weighted by molar-refractivity contribution is -0.0592. The van der Waals surface area contributed by atoms with Gasteiger partial charge in [-0.25, -0.2) is 0 Å². The van der Waals surface area contributed by atoms with Crippen LogP contribution in [-0.2, 0) is 16.2 Å². The minimum absolute atomic E-state index is 0.0107. The Morgan fingerprint density at radius 3 is 2.33 bits per heavy atom. The molecule has 2 rings (SSSR count). The number of alkyl halides is 3. The van der Waals surface area contributed by atoms with Crippen molar-refractivity contribution in [1.82, 2.24) is 0 Å². The van der Waals surface area contributed by atoms with Crippen LogP contribution in [0.4, 0.5) is 13.2 Å². The molecule has 0 atom stereocenters. The molecule has 0 aliphatic heterocycles. The van der Waals surface area contributed by atoms with Gasteiger partial charge in [-0.1, -0.05) is 49.3 Å². The van der Waals surface area contributed by atoms with E-state index in [2.05, 4.69) is 5.16 Å². The van der Waals surface area contributed by atoms with Gasteiger partial charge < -0.3 is 14.3 Å². The first kappa shape index (κ1) is 20.8. The Balaban J connectivity index is 1.79. The molecule has 0 fully saturated rings. The molecule has 2 aromatic carbocycles. The van der Waals surface area contributed by atoms with Gasteiger partial charge in [0.05, 0.1) is 13.2 Å². The summed E-state index contributed by atoms with van der Waals surface area (Å²) in [5, 5.41) is 2.92. The van der Waals surface area contributed by atoms with Gasteiger partial charge in [0.1, 0.15) is 24.3 Å². The molecule has 0 radical (unpaired) electrons. The molecule has 27 heavy (non-hydrogen) atoms. The minimum atomic E-state index is -4.48. The molecule has 0 N–H and O–H groups in total. The molecule has 146 valence electrons. The molecule has 0 heterocycles. The lowest BCUT2D eigenvalue weighted by Gasteiger charge is -2.22. The Morgan fingerprint density at radius 1 is 0.926 bits per heavy atom. The van der Waals surface area contributed by atoms with Crippen molar-refractivity contribution in [3.63, 3.8) is 0 Å². The number of oxime groups is 1. The fourth-order valence-corrected chi connectivity index (χ4v) is 2.12.